The molecule has 0 aliphatic carbocycles. The zero-order valence-electron chi connectivity index (χ0n) is 24.7. The molecule has 4 aromatic rings. The maximum absolute atomic E-state index is 13.2. The third-order valence-corrected chi connectivity index (χ3v) is 7.46. The monoisotopic (exact) mass is 567 g/mol. The van der Waals surface area contributed by atoms with Crippen molar-refractivity contribution in [2.24, 2.45) is 0 Å². The number of amides is 3. The molecule has 3 amide bonds. The van der Waals surface area contributed by atoms with Crippen LogP contribution in [-0.4, -0.2) is 55.4 Å². The Hall–Kier alpha value is -4.47. The number of anilines is 2. The van der Waals surface area contributed by atoms with Crippen LogP contribution in [0.25, 0.3) is 21.9 Å². The Morgan fingerprint density at radius 1 is 1.00 bits per heavy atom. The molecule has 1 atom stereocenters. The highest BCUT2D eigenvalue weighted by atomic mass is 16.5. The van der Waals surface area contributed by atoms with Gasteiger partial charge in [0, 0.05) is 43.9 Å². The minimum atomic E-state index is -0.620. The molecule has 9 nitrogen and oxygen atoms in total. The van der Waals surface area contributed by atoms with Gasteiger partial charge >= 0.3 is 6.03 Å². The zero-order chi connectivity index (χ0) is 29.9. The van der Waals surface area contributed by atoms with E-state index in [0.29, 0.717) is 36.8 Å². The van der Waals surface area contributed by atoms with Crippen molar-refractivity contribution in [1.82, 2.24) is 15.2 Å². The molecule has 1 aliphatic rings. The van der Waals surface area contributed by atoms with Crippen LogP contribution in [0.3, 0.4) is 0 Å². The van der Waals surface area contributed by atoms with Gasteiger partial charge < -0.3 is 25.4 Å². The highest BCUT2D eigenvalue weighted by Crippen LogP contribution is 2.34. The third-order valence-electron chi connectivity index (χ3n) is 7.46. The van der Waals surface area contributed by atoms with Gasteiger partial charge in [-0.15, -0.1) is 0 Å². The smallest absolute Gasteiger partial charge is 0.323 e. The van der Waals surface area contributed by atoms with Crippen molar-refractivity contribution in [3.05, 3.63) is 84.2 Å². The average molecular weight is 568 g/mol. The highest BCUT2D eigenvalue weighted by Gasteiger charge is 2.29. The molecule has 42 heavy (non-hydrogen) atoms. The molecule has 0 radical (unpaired) electrons. The molecule has 1 saturated heterocycles. The number of urea groups is 1. The van der Waals surface area contributed by atoms with Gasteiger partial charge in [0.1, 0.15) is 5.75 Å². The van der Waals surface area contributed by atoms with Crippen LogP contribution in [0.1, 0.15) is 32.0 Å². The van der Waals surface area contributed by atoms with Gasteiger partial charge in [-0.25, -0.2) is 4.79 Å². The Balaban J connectivity index is 1.36. The van der Waals surface area contributed by atoms with Crippen LogP contribution in [0, 0.1) is 0 Å². The lowest BCUT2D eigenvalue weighted by Crippen LogP contribution is -2.55. The minimum Gasteiger partial charge on any atom is -0.495 e. The summed E-state index contributed by atoms with van der Waals surface area (Å²) in [4.78, 5) is 31.9. The molecular formula is C33H37N5O4. The molecule has 3 aromatic carbocycles. The minimum absolute atomic E-state index is 0.0747. The lowest BCUT2D eigenvalue weighted by molar-refractivity contribution is -0.148. The van der Waals surface area contributed by atoms with E-state index in [9.17, 15) is 9.59 Å². The molecule has 1 unspecified atom stereocenters. The van der Waals surface area contributed by atoms with Gasteiger partial charge in [0.15, 0.2) is 6.23 Å². The van der Waals surface area contributed by atoms with Crippen molar-refractivity contribution >= 4 is 34.1 Å². The van der Waals surface area contributed by atoms with Crippen LogP contribution in [0.2, 0.25) is 0 Å². The highest BCUT2D eigenvalue weighted by molar-refractivity contribution is 6.10. The number of benzene rings is 3. The Labute approximate surface area is 246 Å². The summed E-state index contributed by atoms with van der Waals surface area (Å²) in [6.07, 6.45) is 1.22. The summed E-state index contributed by atoms with van der Waals surface area (Å²) < 4.78 is 10.9. The number of fused-ring (bicyclic) bond motifs is 1. The molecule has 1 aromatic heterocycles. The maximum atomic E-state index is 13.2. The first kappa shape index (κ1) is 29.0. The standard InChI is InChI=1S/C33H37N5O4/c1-33(2,3)22-11-15-29(41-4)28(18-22)37-32(40)36-27-14-13-24(25-8-6-7-9-26(25)27)21-10-12-23(35-19-21)20-38-17-16-34-30(39)31(38)42-5/h6-15,18-19,31H,16-17,20H2,1-5H3,(H,34,39)(H2,36,37,40). The van der Waals surface area contributed by atoms with Crippen molar-refractivity contribution in [2.75, 3.05) is 37.9 Å². The fourth-order valence-corrected chi connectivity index (χ4v) is 5.20. The number of aromatic nitrogens is 1. The number of nitrogens with one attached hydrogen (secondary N) is 3. The fraction of sp³-hybridized carbons (Fsp3) is 0.303. The largest absolute Gasteiger partial charge is 0.495 e. The molecule has 2 heterocycles. The second-order valence-corrected chi connectivity index (χ2v) is 11.3. The van der Waals surface area contributed by atoms with E-state index in [1.807, 2.05) is 77.8 Å². The van der Waals surface area contributed by atoms with Gasteiger partial charge in [-0.05, 0) is 46.2 Å². The number of ether oxygens (including phenoxy) is 2. The zero-order valence-corrected chi connectivity index (χ0v) is 24.7. The molecule has 218 valence electrons. The number of hydrogen-bond donors (Lipinski definition) is 3. The van der Waals surface area contributed by atoms with E-state index in [-0.39, 0.29) is 17.4 Å². The Morgan fingerprint density at radius 3 is 2.45 bits per heavy atom. The van der Waals surface area contributed by atoms with E-state index in [1.165, 1.54) is 7.11 Å². The maximum Gasteiger partial charge on any atom is 0.323 e. The van der Waals surface area contributed by atoms with Gasteiger partial charge in [-0.2, -0.15) is 0 Å². The van der Waals surface area contributed by atoms with Crippen LogP contribution >= 0.6 is 0 Å². The van der Waals surface area contributed by atoms with Gasteiger partial charge in [0.25, 0.3) is 5.91 Å². The summed E-state index contributed by atoms with van der Waals surface area (Å²) in [5, 5.41) is 10.7. The normalized spacial score (nSPS) is 15.7. The topological polar surface area (TPSA) is 105 Å². The Morgan fingerprint density at radius 2 is 1.76 bits per heavy atom. The van der Waals surface area contributed by atoms with E-state index in [0.717, 1.165) is 33.2 Å². The second kappa shape index (κ2) is 12.2. The molecule has 0 spiro atoms. The number of piperazine rings is 1. The van der Waals surface area contributed by atoms with Crippen LogP contribution < -0.4 is 20.7 Å². The van der Waals surface area contributed by atoms with Crippen LogP contribution in [0.4, 0.5) is 16.2 Å². The van der Waals surface area contributed by atoms with E-state index in [4.69, 9.17) is 9.47 Å². The number of carbonyl (C=O) groups excluding carboxylic acids is 2. The molecular weight excluding hydrogens is 530 g/mol. The lowest BCUT2D eigenvalue weighted by atomic mass is 9.87. The van der Waals surface area contributed by atoms with Crippen LogP contribution in [0.5, 0.6) is 5.75 Å². The molecule has 0 bridgehead atoms. The summed E-state index contributed by atoms with van der Waals surface area (Å²) >= 11 is 0. The number of nitrogens with zero attached hydrogens (tertiary/aromatic N) is 2. The number of carbonyl (C=O) groups is 2. The first-order valence-corrected chi connectivity index (χ1v) is 14.0. The van der Waals surface area contributed by atoms with E-state index in [2.05, 4.69) is 41.7 Å². The SMILES string of the molecule is COc1ccc(C(C)(C)C)cc1NC(=O)Nc1ccc(-c2ccc(CN3CCNC(=O)C3OC)nc2)c2ccccc12. The first-order valence-electron chi connectivity index (χ1n) is 14.0. The predicted octanol–water partition coefficient (Wildman–Crippen LogP) is 5.76. The van der Waals surface area contributed by atoms with Gasteiger partial charge in [0.05, 0.1) is 24.2 Å². The predicted molar refractivity (Wildman–Crippen MR) is 166 cm³/mol. The van der Waals surface area contributed by atoms with E-state index >= 15 is 0 Å². The van der Waals surface area contributed by atoms with Gasteiger partial charge in [0.2, 0.25) is 0 Å². The second-order valence-electron chi connectivity index (χ2n) is 11.3. The summed E-state index contributed by atoms with van der Waals surface area (Å²) in [6, 6.07) is 21.3. The van der Waals surface area contributed by atoms with E-state index in [1.54, 1.807) is 7.11 Å². The van der Waals surface area contributed by atoms with Gasteiger partial charge in [-0.3, -0.25) is 14.7 Å². The van der Waals surface area contributed by atoms with Crippen LogP contribution in [-0.2, 0) is 21.5 Å². The summed E-state index contributed by atoms with van der Waals surface area (Å²) in [6.45, 7) is 8.16. The third kappa shape index (κ3) is 6.22. The molecule has 1 aliphatic heterocycles. The number of rotatable bonds is 7. The van der Waals surface area contributed by atoms with Crippen molar-refractivity contribution in [3.8, 4) is 16.9 Å². The average Bonchev–Trinajstić information content (AvgIpc) is 2.97. The Kier molecular flexibility index (Phi) is 8.42. The van der Waals surface area contributed by atoms with Crippen molar-refractivity contribution < 1.29 is 19.1 Å². The summed E-state index contributed by atoms with van der Waals surface area (Å²) in [5.74, 6) is 0.461. The van der Waals surface area contributed by atoms with Crippen molar-refractivity contribution in [1.29, 1.82) is 0 Å². The van der Waals surface area contributed by atoms with Crippen molar-refractivity contribution in [3.63, 3.8) is 0 Å². The molecule has 9 heteroatoms. The Bertz CT molecular complexity index is 1600. The summed E-state index contributed by atoms with van der Waals surface area (Å²) in [5.41, 5.74) is 5.12. The molecule has 0 saturated carbocycles. The number of pyridine rings is 1. The lowest BCUT2D eigenvalue weighted by Gasteiger charge is -2.33. The molecule has 1 fully saturated rings. The fourth-order valence-electron chi connectivity index (χ4n) is 5.20. The quantitative estimate of drug-likeness (QED) is 0.263. The number of methoxy groups -OCH3 is 2. The van der Waals surface area contributed by atoms with Crippen LogP contribution in [0.15, 0.2) is 72.9 Å². The van der Waals surface area contributed by atoms with E-state index < -0.39 is 6.23 Å². The molecule has 3 N–H and O–H groups in total. The molecule has 5 rings (SSSR count). The first-order chi connectivity index (χ1) is 20.2. The van der Waals surface area contributed by atoms with Gasteiger partial charge in [-0.1, -0.05) is 63.2 Å². The van der Waals surface area contributed by atoms with Crippen molar-refractivity contribution in [2.45, 2.75) is 39.0 Å². The number of hydrogen-bond acceptors (Lipinski definition) is 6. The summed E-state index contributed by atoms with van der Waals surface area (Å²) in [7, 11) is 3.12.